The fourth-order valence-electron chi connectivity index (χ4n) is 2.91. The Morgan fingerprint density at radius 1 is 0.963 bits per heavy atom. The van der Waals surface area contributed by atoms with Crippen molar-refractivity contribution in [3.05, 3.63) is 57.7 Å². The summed E-state index contributed by atoms with van der Waals surface area (Å²) in [5, 5.41) is 29.5. The van der Waals surface area contributed by atoms with Crippen molar-refractivity contribution in [3.8, 4) is 11.5 Å². The number of benzene rings is 1. The minimum atomic E-state index is -1.19. The fraction of sp³-hybridized carbons (Fsp3) is 0.435. The van der Waals surface area contributed by atoms with Gasteiger partial charge < -0.3 is 15.3 Å². The Balaban J connectivity index is 2.71. The minimum absolute atomic E-state index is 0.0749. The molecule has 0 amide bonds. The number of carbonyl (C=O) groups is 1. The van der Waals surface area contributed by atoms with Crippen molar-refractivity contribution in [2.75, 3.05) is 0 Å². The molecule has 4 heteroatoms. The van der Waals surface area contributed by atoms with Gasteiger partial charge in [0.2, 0.25) is 0 Å². The van der Waals surface area contributed by atoms with Gasteiger partial charge in [-0.15, -0.1) is 0 Å². The number of rotatable bonds is 9. The highest BCUT2D eigenvalue weighted by atomic mass is 16.4. The lowest BCUT2D eigenvalue weighted by atomic mass is 9.98. The molecular weight excluding hydrogens is 340 g/mol. The molecule has 1 aromatic rings. The van der Waals surface area contributed by atoms with E-state index in [9.17, 15) is 20.1 Å². The van der Waals surface area contributed by atoms with Crippen LogP contribution in [-0.4, -0.2) is 21.3 Å². The van der Waals surface area contributed by atoms with E-state index in [0.29, 0.717) is 12.0 Å². The van der Waals surface area contributed by atoms with E-state index in [2.05, 4.69) is 32.9 Å². The number of aromatic hydroxyl groups is 2. The normalized spacial score (nSPS) is 12.2. The third-order valence-electron chi connectivity index (χ3n) is 4.57. The number of aromatic carboxylic acids is 1. The summed E-state index contributed by atoms with van der Waals surface area (Å²) in [7, 11) is 0. The molecule has 148 valence electrons. The summed E-state index contributed by atoms with van der Waals surface area (Å²) in [5.74, 6) is -1.62. The molecule has 0 bridgehead atoms. The molecule has 0 atom stereocenters. The smallest absolute Gasteiger partial charge is 0.339 e. The van der Waals surface area contributed by atoms with Gasteiger partial charge in [-0.05, 0) is 78.4 Å². The highest BCUT2D eigenvalue weighted by Crippen LogP contribution is 2.34. The van der Waals surface area contributed by atoms with Crippen LogP contribution in [0.25, 0.3) is 0 Å². The molecule has 0 aromatic heterocycles. The molecule has 1 rings (SSSR count). The van der Waals surface area contributed by atoms with Gasteiger partial charge >= 0.3 is 5.97 Å². The van der Waals surface area contributed by atoms with Crippen molar-refractivity contribution in [2.24, 2.45) is 0 Å². The Hall–Kier alpha value is -2.49. The first-order chi connectivity index (χ1) is 12.6. The van der Waals surface area contributed by atoms with E-state index >= 15 is 0 Å². The summed E-state index contributed by atoms with van der Waals surface area (Å²) >= 11 is 0. The summed E-state index contributed by atoms with van der Waals surface area (Å²) < 4.78 is 0. The van der Waals surface area contributed by atoms with Crippen LogP contribution in [0.5, 0.6) is 11.5 Å². The molecule has 0 heterocycles. The average molecular weight is 373 g/mol. The lowest BCUT2D eigenvalue weighted by Crippen LogP contribution is -2.02. The third kappa shape index (κ3) is 7.33. The van der Waals surface area contributed by atoms with E-state index in [1.807, 2.05) is 13.0 Å². The minimum Gasteiger partial charge on any atom is -0.508 e. The molecule has 0 aliphatic heterocycles. The Kier molecular flexibility index (Phi) is 8.86. The zero-order valence-electron chi connectivity index (χ0n) is 17.1. The standard InChI is InChI=1S/C23H32O4/c1-15(2)8-6-9-16(3)10-7-11-17(4)12-13-19-20(24)14-18(5)21(22(19)25)23(26)27/h8,10,12,14,24-25H,6-7,9,11,13H2,1-5H3,(H,26,27)/b16-10+,17-12?. The lowest BCUT2D eigenvalue weighted by molar-refractivity contribution is 0.0692. The van der Waals surface area contributed by atoms with Crippen molar-refractivity contribution in [2.45, 2.75) is 66.7 Å². The van der Waals surface area contributed by atoms with E-state index < -0.39 is 5.97 Å². The Bertz CT molecular complexity index is 763. The van der Waals surface area contributed by atoms with Crippen LogP contribution in [-0.2, 0) is 6.42 Å². The van der Waals surface area contributed by atoms with Gasteiger partial charge in [0.05, 0.1) is 0 Å². The maximum Gasteiger partial charge on any atom is 0.339 e. The van der Waals surface area contributed by atoms with E-state index in [4.69, 9.17) is 0 Å². The van der Waals surface area contributed by atoms with Crippen molar-refractivity contribution >= 4 is 5.97 Å². The number of carboxylic acids is 1. The molecule has 0 saturated carbocycles. The fourth-order valence-corrected chi connectivity index (χ4v) is 2.91. The molecule has 27 heavy (non-hydrogen) atoms. The molecule has 1 aromatic carbocycles. The molecule has 4 nitrogen and oxygen atoms in total. The van der Waals surface area contributed by atoms with Gasteiger partial charge in [0.25, 0.3) is 0 Å². The highest BCUT2D eigenvalue weighted by Gasteiger charge is 2.19. The Morgan fingerprint density at radius 3 is 2.07 bits per heavy atom. The third-order valence-corrected chi connectivity index (χ3v) is 4.57. The largest absolute Gasteiger partial charge is 0.508 e. The van der Waals surface area contributed by atoms with Gasteiger partial charge in [-0.3, -0.25) is 0 Å². The van der Waals surface area contributed by atoms with Crippen LogP contribution in [0.4, 0.5) is 0 Å². The lowest BCUT2D eigenvalue weighted by Gasteiger charge is -2.11. The van der Waals surface area contributed by atoms with Crippen molar-refractivity contribution in [1.29, 1.82) is 0 Å². The first-order valence-corrected chi connectivity index (χ1v) is 9.35. The van der Waals surface area contributed by atoms with Crippen LogP contribution < -0.4 is 0 Å². The van der Waals surface area contributed by atoms with Crippen LogP contribution in [0.1, 0.15) is 74.9 Å². The van der Waals surface area contributed by atoms with Gasteiger partial charge in [0, 0.05) is 5.56 Å². The summed E-state index contributed by atoms with van der Waals surface area (Å²) in [4.78, 5) is 11.3. The summed E-state index contributed by atoms with van der Waals surface area (Å²) in [6, 6.07) is 1.39. The van der Waals surface area contributed by atoms with Gasteiger partial charge in [0.1, 0.15) is 17.1 Å². The highest BCUT2D eigenvalue weighted by molar-refractivity contribution is 5.93. The number of hydrogen-bond donors (Lipinski definition) is 3. The van der Waals surface area contributed by atoms with Crippen LogP contribution in [0, 0.1) is 6.92 Å². The zero-order chi connectivity index (χ0) is 20.6. The first-order valence-electron chi connectivity index (χ1n) is 9.35. The monoisotopic (exact) mass is 372 g/mol. The predicted octanol–water partition coefficient (Wildman–Crippen LogP) is 6.07. The van der Waals surface area contributed by atoms with Gasteiger partial charge in [-0.25, -0.2) is 4.79 Å². The molecule has 3 N–H and O–H groups in total. The molecule has 0 aliphatic rings. The van der Waals surface area contributed by atoms with Crippen LogP contribution in [0.2, 0.25) is 0 Å². The molecule has 0 saturated heterocycles. The zero-order valence-corrected chi connectivity index (χ0v) is 17.1. The average Bonchev–Trinajstić information content (AvgIpc) is 2.53. The quantitative estimate of drug-likeness (QED) is 0.460. The molecular formula is C23H32O4. The van der Waals surface area contributed by atoms with Crippen LogP contribution in [0.15, 0.2) is 41.0 Å². The molecule has 0 spiro atoms. The Labute approximate surface area is 162 Å². The summed E-state index contributed by atoms with van der Waals surface area (Å²) in [5.41, 5.74) is 4.31. The Morgan fingerprint density at radius 2 is 1.52 bits per heavy atom. The summed E-state index contributed by atoms with van der Waals surface area (Å²) in [6.45, 7) is 9.92. The molecule has 0 aliphatic carbocycles. The molecule has 0 radical (unpaired) electrons. The molecule has 0 unspecified atom stereocenters. The van der Waals surface area contributed by atoms with Gasteiger partial charge in [0.15, 0.2) is 0 Å². The van der Waals surface area contributed by atoms with Crippen molar-refractivity contribution in [1.82, 2.24) is 0 Å². The number of carboxylic acid groups (broad SMARTS) is 1. The predicted molar refractivity (Wildman–Crippen MR) is 111 cm³/mol. The van der Waals surface area contributed by atoms with Gasteiger partial charge in [-0.2, -0.15) is 0 Å². The maximum absolute atomic E-state index is 11.3. The molecule has 0 fully saturated rings. The number of allylic oxidation sites excluding steroid dienone is 6. The summed E-state index contributed by atoms with van der Waals surface area (Å²) in [6.07, 6.45) is 10.7. The van der Waals surface area contributed by atoms with Crippen LogP contribution in [0.3, 0.4) is 0 Å². The number of phenolic OH excluding ortho intramolecular Hbond substituents is 1. The first kappa shape index (κ1) is 22.6. The second-order valence-electron chi connectivity index (χ2n) is 7.38. The van der Waals surface area contributed by atoms with E-state index in [0.717, 1.165) is 31.3 Å². The second kappa shape index (κ2) is 10.6. The number of phenols is 2. The maximum atomic E-state index is 11.3. The van der Waals surface area contributed by atoms with Gasteiger partial charge in [-0.1, -0.05) is 34.9 Å². The van der Waals surface area contributed by atoms with E-state index in [-0.39, 0.29) is 22.6 Å². The van der Waals surface area contributed by atoms with Crippen LogP contribution >= 0.6 is 0 Å². The number of aryl methyl sites for hydroxylation is 1. The second-order valence-corrected chi connectivity index (χ2v) is 7.38. The van der Waals surface area contributed by atoms with E-state index in [1.165, 1.54) is 17.2 Å². The van der Waals surface area contributed by atoms with E-state index in [1.54, 1.807) is 6.92 Å². The SMILES string of the molecule is CC(C)=CCC/C(C)=C/CCC(C)=CCc1c(O)cc(C)c(C(=O)O)c1O. The van der Waals surface area contributed by atoms with Crippen molar-refractivity contribution < 1.29 is 20.1 Å². The topological polar surface area (TPSA) is 77.8 Å². The van der Waals surface area contributed by atoms with Crippen molar-refractivity contribution in [3.63, 3.8) is 0 Å². The number of hydrogen-bond acceptors (Lipinski definition) is 3.